The lowest BCUT2D eigenvalue weighted by Gasteiger charge is -2.34. The van der Waals surface area contributed by atoms with E-state index in [1.165, 1.54) is 4.90 Å². The number of nitrogens with zero attached hydrogens (tertiary/aromatic N) is 1. The second kappa shape index (κ2) is 10.6. The number of aryl methyl sites for hydroxylation is 1. The number of nitrogens with one attached hydrogen (secondary N) is 2. The number of carbonyl (C=O) groups is 3. The van der Waals surface area contributed by atoms with Crippen LogP contribution in [0.2, 0.25) is 0 Å². The van der Waals surface area contributed by atoms with E-state index in [1.54, 1.807) is 6.07 Å². The number of carbonyl (C=O) groups excluding carboxylic acids is 3. The predicted molar refractivity (Wildman–Crippen MR) is 142 cm³/mol. The maximum atomic E-state index is 14.1. The molecule has 0 bridgehead atoms. The third-order valence-electron chi connectivity index (χ3n) is 6.56. The summed E-state index contributed by atoms with van der Waals surface area (Å²) in [4.78, 5) is 41.2. The summed E-state index contributed by atoms with van der Waals surface area (Å²) in [5, 5.41) is 5.70. The normalized spacial score (nSPS) is 18.2. The van der Waals surface area contributed by atoms with Gasteiger partial charge in [-0.05, 0) is 54.2 Å². The number of rotatable bonds is 6. The Kier molecular flexibility index (Phi) is 7.38. The number of anilines is 2. The Labute approximate surface area is 211 Å². The molecular weight excluding hydrogens is 452 g/mol. The van der Waals surface area contributed by atoms with Crippen molar-refractivity contribution in [3.05, 3.63) is 95.6 Å². The molecule has 1 heterocycles. The molecule has 0 radical (unpaired) electrons. The van der Waals surface area contributed by atoms with E-state index in [0.29, 0.717) is 17.8 Å². The number of amides is 4. The third-order valence-corrected chi connectivity index (χ3v) is 6.56. The van der Waals surface area contributed by atoms with Crippen LogP contribution in [0.15, 0.2) is 78.9 Å². The molecule has 4 rings (SSSR count). The van der Waals surface area contributed by atoms with Gasteiger partial charge in [0.05, 0.1) is 0 Å². The van der Waals surface area contributed by atoms with Crippen LogP contribution in [0.25, 0.3) is 0 Å². The summed E-state index contributed by atoms with van der Waals surface area (Å²) in [5.74, 6) is -1.36. The maximum absolute atomic E-state index is 14.1. The second-order valence-corrected chi connectivity index (χ2v) is 9.58. The van der Waals surface area contributed by atoms with E-state index in [2.05, 4.69) is 10.6 Å². The smallest absolute Gasteiger partial charge is 0.319 e. The van der Waals surface area contributed by atoms with Crippen LogP contribution in [-0.2, 0) is 9.59 Å². The Morgan fingerprint density at radius 3 is 2.33 bits per heavy atom. The van der Waals surface area contributed by atoms with Crippen molar-refractivity contribution in [3.63, 3.8) is 0 Å². The minimum atomic E-state index is -0.881. The first kappa shape index (κ1) is 25.0. The zero-order valence-electron chi connectivity index (χ0n) is 20.8. The molecule has 1 aliphatic rings. The Hall–Kier alpha value is -4.13. The maximum Gasteiger partial charge on any atom is 0.319 e. The van der Waals surface area contributed by atoms with Gasteiger partial charge in [0, 0.05) is 17.3 Å². The van der Waals surface area contributed by atoms with Crippen molar-refractivity contribution in [1.29, 1.82) is 0 Å². The molecule has 186 valence electrons. The Balaban J connectivity index is 1.77. The number of benzene rings is 3. The first-order valence-corrected chi connectivity index (χ1v) is 12.2. The van der Waals surface area contributed by atoms with Gasteiger partial charge in [0.25, 0.3) is 0 Å². The van der Waals surface area contributed by atoms with Crippen molar-refractivity contribution in [3.8, 4) is 0 Å². The van der Waals surface area contributed by atoms with Gasteiger partial charge < -0.3 is 16.4 Å². The number of fused-ring (bicyclic) bond motifs is 1. The lowest BCUT2D eigenvalue weighted by molar-refractivity contribution is -0.126. The molecule has 0 spiro atoms. The van der Waals surface area contributed by atoms with Crippen LogP contribution in [0.5, 0.6) is 0 Å². The summed E-state index contributed by atoms with van der Waals surface area (Å²) >= 11 is 0. The number of para-hydroxylation sites is 1. The molecule has 3 atom stereocenters. The van der Waals surface area contributed by atoms with E-state index < -0.39 is 24.0 Å². The highest BCUT2D eigenvalue weighted by atomic mass is 16.2. The molecule has 0 saturated carbocycles. The number of urea groups is 1. The van der Waals surface area contributed by atoms with E-state index in [1.807, 2.05) is 93.6 Å². The van der Waals surface area contributed by atoms with Crippen LogP contribution in [0.4, 0.5) is 16.2 Å². The predicted octanol–water partition coefficient (Wildman–Crippen LogP) is 4.56. The minimum absolute atomic E-state index is 0.179. The average molecular weight is 485 g/mol. The van der Waals surface area contributed by atoms with Gasteiger partial charge in [0.2, 0.25) is 11.8 Å². The molecular formula is C29H32N4O3. The number of nitrogens with two attached hydrogens (primary N) is 1. The van der Waals surface area contributed by atoms with Crippen molar-refractivity contribution >= 4 is 29.2 Å². The summed E-state index contributed by atoms with van der Waals surface area (Å²) in [6, 6.07) is 22.7. The molecule has 36 heavy (non-hydrogen) atoms. The first-order chi connectivity index (χ1) is 17.3. The van der Waals surface area contributed by atoms with Gasteiger partial charge in [-0.25, -0.2) is 4.79 Å². The van der Waals surface area contributed by atoms with Crippen LogP contribution >= 0.6 is 0 Å². The monoisotopic (exact) mass is 484 g/mol. The van der Waals surface area contributed by atoms with Crippen LogP contribution in [0, 0.1) is 12.8 Å². The quantitative estimate of drug-likeness (QED) is 0.478. The van der Waals surface area contributed by atoms with Gasteiger partial charge >= 0.3 is 6.03 Å². The van der Waals surface area contributed by atoms with Crippen LogP contribution in [0.3, 0.4) is 0 Å². The highest BCUT2D eigenvalue weighted by molar-refractivity contribution is 6.06. The molecule has 3 aromatic carbocycles. The lowest BCUT2D eigenvalue weighted by atomic mass is 9.86. The fourth-order valence-electron chi connectivity index (χ4n) is 4.96. The molecule has 7 nitrogen and oxygen atoms in total. The van der Waals surface area contributed by atoms with Gasteiger partial charge in [-0.3, -0.25) is 14.5 Å². The Morgan fingerprint density at radius 1 is 0.972 bits per heavy atom. The zero-order valence-corrected chi connectivity index (χ0v) is 20.8. The lowest BCUT2D eigenvalue weighted by Crippen LogP contribution is -2.57. The van der Waals surface area contributed by atoms with Crippen LogP contribution < -0.4 is 21.3 Å². The third kappa shape index (κ3) is 5.25. The van der Waals surface area contributed by atoms with Crippen molar-refractivity contribution in [1.82, 2.24) is 5.32 Å². The van der Waals surface area contributed by atoms with Crippen molar-refractivity contribution < 1.29 is 14.4 Å². The minimum Gasteiger partial charge on any atom is -0.368 e. The summed E-state index contributed by atoms with van der Waals surface area (Å²) in [6.45, 7) is 5.66. The first-order valence-electron chi connectivity index (χ1n) is 12.2. The molecule has 0 saturated heterocycles. The fraction of sp³-hybridized carbons (Fsp3) is 0.276. The van der Waals surface area contributed by atoms with Crippen molar-refractivity contribution in [2.45, 2.75) is 45.2 Å². The molecule has 0 fully saturated rings. The van der Waals surface area contributed by atoms with E-state index in [0.717, 1.165) is 16.7 Å². The SMILES string of the molecule is Cc1cccc(NC(=O)NC2CC(c3ccccc3)c3ccccc3N(C(C(N)=O)C(C)C)C2=O)c1. The topological polar surface area (TPSA) is 105 Å². The van der Waals surface area contributed by atoms with Gasteiger partial charge in [-0.15, -0.1) is 0 Å². The zero-order chi connectivity index (χ0) is 25.8. The number of primary amides is 1. The highest BCUT2D eigenvalue weighted by Crippen LogP contribution is 2.40. The van der Waals surface area contributed by atoms with Gasteiger partial charge in [-0.2, -0.15) is 0 Å². The second-order valence-electron chi connectivity index (χ2n) is 9.58. The molecule has 4 N–H and O–H groups in total. The van der Waals surface area contributed by atoms with E-state index in [9.17, 15) is 14.4 Å². The number of hydrogen-bond donors (Lipinski definition) is 3. The van der Waals surface area contributed by atoms with E-state index in [-0.39, 0.29) is 17.7 Å². The van der Waals surface area contributed by atoms with Gasteiger partial charge in [-0.1, -0.05) is 74.5 Å². The summed E-state index contributed by atoms with van der Waals surface area (Å²) < 4.78 is 0. The van der Waals surface area contributed by atoms with E-state index >= 15 is 0 Å². The fourth-order valence-corrected chi connectivity index (χ4v) is 4.96. The summed E-state index contributed by atoms with van der Waals surface area (Å²) in [5.41, 5.74) is 10.0. The van der Waals surface area contributed by atoms with E-state index in [4.69, 9.17) is 5.73 Å². The Bertz CT molecular complexity index is 1260. The molecule has 1 aliphatic heterocycles. The Morgan fingerprint density at radius 2 is 1.67 bits per heavy atom. The molecule has 7 heteroatoms. The standard InChI is InChI=1S/C29H32N4O3/c1-18(2)26(27(30)34)33-25-15-8-7-14-22(25)23(20-11-5-4-6-12-20)17-24(28(33)35)32-29(36)31-21-13-9-10-19(3)16-21/h4-16,18,23-24,26H,17H2,1-3H3,(H2,30,34)(H2,31,32,36). The van der Waals surface area contributed by atoms with Gasteiger partial charge in [0.1, 0.15) is 12.1 Å². The summed E-state index contributed by atoms with van der Waals surface area (Å²) in [6.07, 6.45) is 0.334. The average Bonchev–Trinajstić information content (AvgIpc) is 2.95. The van der Waals surface area contributed by atoms with Crippen molar-refractivity contribution in [2.75, 3.05) is 10.2 Å². The van der Waals surface area contributed by atoms with Crippen LogP contribution in [-0.4, -0.2) is 29.9 Å². The van der Waals surface area contributed by atoms with Gasteiger partial charge in [0.15, 0.2) is 0 Å². The highest BCUT2D eigenvalue weighted by Gasteiger charge is 2.42. The number of hydrogen-bond acceptors (Lipinski definition) is 3. The molecule has 0 aliphatic carbocycles. The molecule has 3 unspecified atom stereocenters. The molecule has 3 aromatic rings. The van der Waals surface area contributed by atoms with Crippen molar-refractivity contribution in [2.24, 2.45) is 11.7 Å². The molecule has 0 aromatic heterocycles. The van der Waals surface area contributed by atoms with Crippen LogP contribution in [0.1, 0.15) is 42.9 Å². The summed E-state index contributed by atoms with van der Waals surface area (Å²) in [7, 11) is 0. The molecule has 4 amide bonds. The largest absolute Gasteiger partial charge is 0.368 e.